The van der Waals surface area contributed by atoms with Crippen LogP contribution in [0.3, 0.4) is 0 Å². The van der Waals surface area contributed by atoms with Crippen molar-refractivity contribution in [3.63, 3.8) is 0 Å². The second-order valence-corrected chi connectivity index (χ2v) is 9.28. The molecule has 0 heterocycles. The van der Waals surface area contributed by atoms with Gasteiger partial charge >= 0.3 is 0 Å². The SMILES string of the molecule is Cc1ccc(C(=O)N/N=C/c2cc(Br)cc(Br)c2OCC(=O)Nc2ccc(C)c(C)c2)cc1. The third kappa shape index (κ3) is 7.00. The summed E-state index contributed by atoms with van der Waals surface area (Å²) in [5.41, 5.74) is 7.62. The monoisotopic (exact) mass is 571 g/mol. The Morgan fingerprint density at radius 2 is 1.70 bits per heavy atom. The molecule has 0 fully saturated rings. The van der Waals surface area contributed by atoms with Gasteiger partial charge in [-0.1, -0.05) is 39.7 Å². The van der Waals surface area contributed by atoms with Gasteiger partial charge < -0.3 is 10.1 Å². The van der Waals surface area contributed by atoms with E-state index in [9.17, 15) is 9.59 Å². The minimum atomic E-state index is -0.324. The molecular formula is C25H23Br2N3O3. The van der Waals surface area contributed by atoms with Crippen molar-refractivity contribution in [2.24, 2.45) is 5.10 Å². The van der Waals surface area contributed by atoms with Crippen molar-refractivity contribution >= 4 is 55.6 Å². The van der Waals surface area contributed by atoms with Gasteiger partial charge in [-0.3, -0.25) is 9.59 Å². The van der Waals surface area contributed by atoms with Gasteiger partial charge in [0.2, 0.25) is 0 Å². The molecule has 8 heteroatoms. The van der Waals surface area contributed by atoms with Crippen LogP contribution in [0, 0.1) is 20.8 Å². The van der Waals surface area contributed by atoms with Gasteiger partial charge in [-0.25, -0.2) is 5.43 Å². The Kier molecular flexibility index (Phi) is 8.41. The van der Waals surface area contributed by atoms with Crippen LogP contribution in [0.2, 0.25) is 0 Å². The Morgan fingerprint density at radius 3 is 2.39 bits per heavy atom. The molecular weight excluding hydrogens is 550 g/mol. The van der Waals surface area contributed by atoms with E-state index in [0.717, 1.165) is 21.2 Å². The number of hydrogen-bond acceptors (Lipinski definition) is 4. The summed E-state index contributed by atoms with van der Waals surface area (Å²) < 4.78 is 7.21. The van der Waals surface area contributed by atoms with Gasteiger partial charge in [-0.15, -0.1) is 0 Å². The Hall–Kier alpha value is -2.97. The van der Waals surface area contributed by atoms with Crippen LogP contribution >= 0.6 is 31.9 Å². The standard InChI is InChI=1S/C25H23Br2N3O3/c1-15-4-7-18(8-5-15)25(32)30-28-13-19-11-20(26)12-22(27)24(19)33-14-23(31)29-21-9-6-16(2)17(3)10-21/h4-13H,14H2,1-3H3,(H,29,31)(H,30,32)/b28-13+. The molecule has 0 aromatic heterocycles. The van der Waals surface area contributed by atoms with E-state index in [2.05, 4.69) is 47.7 Å². The Balaban J connectivity index is 1.67. The number of nitrogens with one attached hydrogen (secondary N) is 2. The summed E-state index contributed by atoms with van der Waals surface area (Å²) in [6.07, 6.45) is 1.47. The highest BCUT2D eigenvalue weighted by Crippen LogP contribution is 2.32. The number of benzene rings is 3. The summed E-state index contributed by atoms with van der Waals surface area (Å²) in [6, 6.07) is 16.5. The highest BCUT2D eigenvalue weighted by atomic mass is 79.9. The summed E-state index contributed by atoms with van der Waals surface area (Å²) in [4.78, 5) is 24.7. The van der Waals surface area contributed by atoms with Gasteiger partial charge in [-0.2, -0.15) is 5.10 Å². The van der Waals surface area contributed by atoms with Crippen molar-refractivity contribution in [2.45, 2.75) is 20.8 Å². The first-order chi connectivity index (χ1) is 15.7. The summed E-state index contributed by atoms with van der Waals surface area (Å²) >= 11 is 6.90. The molecule has 6 nitrogen and oxygen atoms in total. The number of rotatable bonds is 7. The summed E-state index contributed by atoms with van der Waals surface area (Å²) in [7, 11) is 0. The predicted molar refractivity (Wildman–Crippen MR) is 138 cm³/mol. The first-order valence-electron chi connectivity index (χ1n) is 10.1. The minimum Gasteiger partial charge on any atom is -0.482 e. The molecule has 2 N–H and O–H groups in total. The molecule has 0 aliphatic carbocycles. The lowest BCUT2D eigenvalue weighted by atomic mass is 10.1. The number of hydrogen-bond donors (Lipinski definition) is 2. The third-order valence-corrected chi connectivity index (χ3v) is 5.91. The molecule has 0 saturated heterocycles. The van der Waals surface area contributed by atoms with Crippen LogP contribution in [0.1, 0.15) is 32.6 Å². The molecule has 0 spiro atoms. The topological polar surface area (TPSA) is 79.8 Å². The second-order valence-electron chi connectivity index (χ2n) is 7.51. The molecule has 0 unspecified atom stereocenters. The van der Waals surface area contributed by atoms with Crippen LogP contribution in [0.15, 0.2) is 68.6 Å². The van der Waals surface area contributed by atoms with E-state index in [4.69, 9.17) is 4.74 Å². The van der Waals surface area contributed by atoms with Gasteiger partial charge in [0.1, 0.15) is 5.75 Å². The average Bonchev–Trinajstić information content (AvgIpc) is 2.76. The largest absolute Gasteiger partial charge is 0.482 e. The van der Waals surface area contributed by atoms with E-state index in [1.165, 1.54) is 6.21 Å². The maximum Gasteiger partial charge on any atom is 0.271 e. The van der Waals surface area contributed by atoms with Crippen LogP contribution in [0.25, 0.3) is 0 Å². The molecule has 3 rings (SSSR count). The van der Waals surface area contributed by atoms with Gasteiger partial charge in [-0.05, 0) is 84.2 Å². The van der Waals surface area contributed by atoms with Crippen molar-refractivity contribution in [1.29, 1.82) is 0 Å². The van der Waals surface area contributed by atoms with E-state index < -0.39 is 0 Å². The predicted octanol–water partition coefficient (Wildman–Crippen LogP) is 5.92. The minimum absolute atomic E-state index is 0.191. The number of aryl methyl sites for hydroxylation is 3. The second kappa shape index (κ2) is 11.2. The smallest absolute Gasteiger partial charge is 0.271 e. The van der Waals surface area contributed by atoms with E-state index >= 15 is 0 Å². The highest BCUT2D eigenvalue weighted by Gasteiger charge is 2.12. The molecule has 0 bridgehead atoms. The number of carbonyl (C=O) groups excluding carboxylic acids is 2. The Morgan fingerprint density at radius 1 is 0.970 bits per heavy atom. The van der Waals surface area contributed by atoms with Crippen LogP contribution in [0.5, 0.6) is 5.75 Å². The van der Waals surface area contributed by atoms with Gasteiger partial charge in [0.25, 0.3) is 11.8 Å². The van der Waals surface area contributed by atoms with Gasteiger partial charge in [0, 0.05) is 21.3 Å². The molecule has 0 radical (unpaired) electrons. The summed E-state index contributed by atoms with van der Waals surface area (Å²) in [5.74, 6) is -0.180. The molecule has 0 saturated carbocycles. The zero-order chi connectivity index (χ0) is 24.0. The van der Waals surface area contributed by atoms with Crippen molar-refractivity contribution in [1.82, 2.24) is 5.43 Å². The number of hydrazone groups is 1. The van der Waals surface area contributed by atoms with Gasteiger partial charge in [0.15, 0.2) is 6.61 Å². The lowest BCUT2D eigenvalue weighted by Gasteiger charge is -2.13. The first kappa shape index (κ1) is 24.7. The van der Waals surface area contributed by atoms with Crippen molar-refractivity contribution in [3.8, 4) is 5.75 Å². The molecule has 0 aliphatic heterocycles. The zero-order valence-electron chi connectivity index (χ0n) is 18.4. The molecule has 2 amide bonds. The number of anilines is 1. The van der Waals surface area contributed by atoms with Crippen molar-refractivity contribution < 1.29 is 14.3 Å². The van der Waals surface area contributed by atoms with Crippen LogP contribution < -0.4 is 15.5 Å². The molecule has 0 atom stereocenters. The number of carbonyl (C=O) groups is 2. The Labute approximate surface area is 209 Å². The Bertz CT molecular complexity index is 1210. The van der Waals surface area contributed by atoms with Crippen molar-refractivity contribution in [3.05, 3.63) is 91.4 Å². The number of ether oxygens (including phenoxy) is 1. The molecule has 33 heavy (non-hydrogen) atoms. The maximum absolute atomic E-state index is 12.4. The summed E-state index contributed by atoms with van der Waals surface area (Å²) in [5, 5.41) is 6.88. The van der Waals surface area contributed by atoms with Crippen LogP contribution in [-0.2, 0) is 4.79 Å². The zero-order valence-corrected chi connectivity index (χ0v) is 21.6. The average molecular weight is 573 g/mol. The lowest BCUT2D eigenvalue weighted by Crippen LogP contribution is -2.21. The van der Waals surface area contributed by atoms with E-state index in [1.807, 2.05) is 51.1 Å². The first-order valence-corrected chi connectivity index (χ1v) is 11.7. The maximum atomic E-state index is 12.4. The fourth-order valence-electron chi connectivity index (χ4n) is 2.91. The fraction of sp³-hybridized carbons (Fsp3) is 0.160. The molecule has 0 aliphatic rings. The van der Waals surface area contributed by atoms with E-state index in [1.54, 1.807) is 24.3 Å². The van der Waals surface area contributed by atoms with Crippen LogP contribution in [-0.4, -0.2) is 24.6 Å². The lowest BCUT2D eigenvalue weighted by molar-refractivity contribution is -0.118. The van der Waals surface area contributed by atoms with Gasteiger partial charge in [0.05, 0.1) is 10.7 Å². The number of halogens is 2. The van der Waals surface area contributed by atoms with E-state index in [0.29, 0.717) is 27.0 Å². The fourth-order valence-corrected chi connectivity index (χ4v) is 4.29. The molecule has 3 aromatic rings. The van der Waals surface area contributed by atoms with E-state index in [-0.39, 0.29) is 18.4 Å². The number of amides is 2. The number of nitrogens with zero attached hydrogens (tertiary/aromatic N) is 1. The highest BCUT2D eigenvalue weighted by molar-refractivity contribution is 9.11. The van der Waals surface area contributed by atoms with Crippen molar-refractivity contribution in [2.75, 3.05) is 11.9 Å². The third-order valence-electron chi connectivity index (χ3n) is 4.86. The molecule has 170 valence electrons. The quantitative estimate of drug-likeness (QED) is 0.272. The summed E-state index contributed by atoms with van der Waals surface area (Å²) in [6.45, 7) is 5.77. The normalized spacial score (nSPS) is 10.8. The molecule has 3 aromatic carbocycles. The van der Waals surface area contributed by atoms with Crippen LogP contribution in [0.4, 0.5) is 5.69 Å².